The Morgan fingerprint density at radius 1 is 0.974 bits per heavy atom. The molecule has 4 rings (SSSR count). The lowest BCUT2D eigenvalue weighted by Gasteiger charge is -2.34. The molecule has 3 aromatic carbocycles. The molecule has 208 valence electrons. The summed E-state index contributed by atoms with van der Waals surface area (Å²) < 4.78 is 0. The van der Waals surface area contributed by atoms with Crippen LogP contribution in [0.3, 0.4) is 0 Å². The van der Waals surface area contributed by atoms with Crippen molar-refractivity contribution in [2.75, 3.05) is 19.6 Å². The predicted octanol–water partition coefficient (Wildman–Crippen LogP) is 7.57. The number of nitrogens with zero attached hydrogens (tertiary/aromatic N) is 1. The van der Waals surface area contributed by atoms with Crippen LogP contribution in [0.2, 0.25) is 5.02 Å². The van der Waals surface area contributed by atoms with Crippen molar-refractivity contribution < 1.29 is 19.8 Å². The Bertz CT molecular complexity index is 1190. The number of carbonyl (C=O) groups is 2. The number of piperidine rings is 1. The molecule has 3 aromatic rings. The Morgan fingerprint density at radius 2 is 1.56 bits per heavy atom. The Kier molecular flexibility index (Phi) is 11.4. The van der Waals surface area contributed by atoms with E-state index in [4.69, 9.17) is 26.6 Å². The summed E-state index contributed by atoms with van der Waals surface area (Å²) in [6.07, 6.45) is 3.67. The Balaban J connectivity index is 0.000000983. The van der Waals surface area contributed by atoms with Gasteiger partial charge in [0, 0.05) is 29.7 Å². The molecule has 0 saturated carbocycles. The molecule has 0 bridgehead atoms. The minimum Gasteiger partial charge on any atom is -0.450 e. The third kappa shape index (κ3) is 9.12. The summed E-state index contributed by atoms with van der Waals surface area (Å²) in [7, 11) is 0. The zero-order valence-electron chi connectivity index (χ0n) is 22.8. The summed E-state index contributed by atoms with van der Waals surface area (Å²) in [5, 5.41) is 17.8. The number of benzene rings is 3. The number of nitrogens with one attached hydrogen (secondary N) is 1. The maximum Gasteiger partial charge on any atom is 0.503 e. The van der Waals surface area contributed by atoms with Gasteiger partial charge in [0.25, 0.3) is 5.91 Å². The summed E-state index contributed by atoms with van der Waals surface area (Å²) in [6.45, 7) is 7.86. The molecule has 1 aliphatic rings. The van der Waals surface area contributed by atoms with Crippen LogP contribution in [0.15, 0.2) is 78.9 Å². The van der Waals surface area contributed by atoms with Gasteiger partial charge in [-0.05, 0) is 72.9 Å². The number of carboxylic acid groups (broad SMARTS) is 2. The van der Waals surface area contributed by atoms with Gasteiger partial charge < -0.3 is 20.4 Å². The third-order valence-corrected chi connectivity index (χ3v) is 7.92. The van der Waals surface area contributed by atoms with Crippen molar-refractivity contribution in [2.24, 2.45) is 0 Å². The van der Waals surface area contributed by atoms with Crippen LogP contribution in [0.4, 0.5) is 4.79 Å². The van der Waals surface area contributed by atoms with Crippen molar-refractivity contribution in [1.82, 2.24) is 10.2 Å². The number of halogens is 1. The van der Waals surface area contributed by atoms with E-state index in [-0.39, 0.29) is 17.4 Å². The molecular weight excluding hydrogens is 512 g/mol. The van der Waals surface area contributed by atoms with Crippen molar-refractivity contribution >= 4 is 23.7 Å². The molecule has 1 heterocycles. The standard InChI is InChI=1S/C31H37ClN2O.CH2O3/c1-3-31(2,25-13-8-5-9-14-25)19-10-20-34-21-17-27(18-22-34)33-30(35)29-23-26(32)15-16-28(29)24-11-6-4-7-12-24;2-1(3)4/h4-9,11-16,23,27H,3,10,17-22H2,1-2H3,(H,33,35);(H2,2,3,4). The minimum absolute atomic E-state index is 0.0358. The van der Waals surface area contributed by atoms with E-state index >= 15 is 0 Å². The van der Waals surface area contributed by atoms with Crippen LogP contribution in [0.1, 0.15) is 61.9 Å². The van der Waals surface area contributed by atoms with E-state index in [0.29, 0.717) is 10.6 Å². The first-order valence-corrected chi connectivity index (χ1v) is 13.9. The smallest absolute Gasteiger partial charge is 0.450 e. The third-order valence-electron chi connectivity index (χ3n) is 7.69. The maximum atomic E-state index is 13.2. The lowest BCUT2D eigenvalue weighted by molar-refractivity contribution is 0.0910. The number of likely N-dealkylation sites (tertiary alicyclic amines) is 1. The molecule has 0 aromatic heterocycles. The lowest BCUT2D eigenvalue weighted by atomic mass is 9.76. The predicted molar refractivity (Wildman–Crippen MR) is 158 cm³/mol. The summed E-state index contributed by atoms with van der Waals surface area (Å²) in [6, 6.07) is 26.7. The Hall–Kier alpha value is -3.35. The maximum absolute atomic E-state index is 13.2. The summed E-state index contributed by atoms with van der Waals surface area (Å²) in [4.78, 5) is 24.3. The van der Waals surface area contributed by atoms with E-state index in [2.05, 4.69) is 54.4 Å². The van der Waals surface area contributed by atoms with Crippen LogP contribution in [-0.4, -0.2) is 52.9 Å². The molecule has 1 atom stereocenters. The quantitative estimate of drug-likeness (QED) is 0.255. The second kappa shape index (κ2) is 14.7. The van der Waals surface area contributed by atoms with Crippen molar-refractivity contribution in [3.8, 4) is 11.1 Å². The highest BCUT2D eigenvalue weighted by Gasteiger charge is 2.26. The van der Waals surface area contributed by atoms with Gasteiger partial charge in [0.05, 0.1) is 0 Å². The van der Waals surface area contributed by atoms with Crippen LogP contribution in [0.25, 0.3) is 11.1 Å². The first-order valence-electron chi connectivity index (χ1n) is 13.6. The van der Waals surface area contributed by atoms with E-state index in [0.717, 1.165) is 50.0 Å². The number of hydrogen-bond acceptors (Lipinski definition) is 3. The number of hydrogen-bond donors (Lipinski definition) is 3. The lowest BCUT2D eigenvalue weighted by Crippen LogP contribution is -2.45. The van der Waals surface area contributed by atoms with Crippen molar-refractivity contribution in [2.45, 2.75) is 57.4 Å². The minimum atomic E-state index is -1.83. The van der Waals surface area contributed by atoms with E-state index in [1.807, 2.05) is 42.5 Å². The SMILES string of the molecule is CCC(C)(CCCN1CCC(NC(=O)c2cc(Cl)ccc2-c2ccccc2)CC1)c1ccccc1.O=C(O)O. The fraction of sp³-hybridized carbons (Fsp3) is 0.375. The average Bonchev–Trinajstić information content (AvgIpc) is 2.94. The molecule has 1 amide bonds. The highest BCUT2D eigenvalue weighted by atomic mass is 35.5. The van der Waals surface area contributed by atoms with Gasteiger partial charge in [-0.3, -0.25) is 4.79 Å². The zero-order chi connectivity index (χ0) is 28.3. The number of rotatable bonds is 9. The first kappa shape index (κ1) is 30.2. The molecule has 1 aliphatic heterocycles. The van der Waals surface area contributed by atoms with E-state index in [9.17, 15) is 4.79 Å². The molecule has 39 heavy (non-hydrogen) atoms. The van der Waals surface area contributed by atoms with Crippen molar-refractivity contribution in [1.29, 1.82) is 0 Å². The second-order valence-corrected chi connectivity index (χ2v) is 10.7. The normalized spacial score (nSPS) is 15.5. The van der Waals surface area contributed by atoms with Crippen LogP contribution in [-0.2, 0) is 5.41 Å². The van der Waals surface area contributed by atoms with Gasteiger partial charge in [0.1, 0.15) is 0 Å². The van der Waals surface area contributed by atoms with Gasteiger partial charge in [-0.15, -0.1) is 0 Å². The summed E-state index contributed by atoms with van der Waals surface area (Å²) in [5.41, 5.74) is 4.27. The fourth-order valence-electron chi connectivity index (χ4n) is 5.20. The van der Waals surface area contributed by atoms with Crippen LogP contribution in [0.5, 0.6) is 0 Å². The Labute approximate surface area is 236 Å². The highest BCUT2D eigenvalue weighted by Crippen LogP contribution is 2.32. The fourth-order valence-corrected chi connectivity index (χ4v) is 5.37. The second-order valence-electron chi connectivity index (χ2n) is 10.3. The molecule has 1 saturated heterocycles. The van der Waals surface area contributed by atoms with E-state index in [1.54, 1.807) is 6.07 Å². The van der Waals surface area contributed by atoms with Crippen molar-refractivity contribution in [3.05, 3.63) is 95.0 Å². The van der Waals surface area contributed by atoms with Gasteiger partial charge in [-0.2, -0.15) is 0 Å². The summed E-state index contributed by atoms with van der Waals surface area (Å²) in [5.74, 6) is -0.0358. The topological polar surface area (TPSA) is 89.9 Å². The van der Waals surface area contributed by atoms with Crippen LogP contribution >= 0.6 is 11.6 Å². The molecule has 0 radical (unpaired) electrons. The van der Waals surface area contributed by atoms with Crippen LogP contribution in [0, 0.1) is 0 Å². The van der Waals surface area contributed by atoms with Crippen LogP contribution < -0.4 is 5.32 Å². The molecule has 1 unspecified atom stereocenters. The largest absolute Gasteiger partial charge is 0.503 e. The monoisotopic (exact) mass is 550 g/mol. The molecule has 1 fully saturated rings. The molecular formula is C32H39ClN2O4. The number of amides is 1. The molecule has 0 aliphatic carbocycles. The van der Waals surface area contributed by atoms with E-state index < -0.39 is 6.16 Å². The van der Waals surface area contributed by atoms with Gasteiger partial charge in [-0.25, -0.2) is 4.79 Å². The Morgan fingerprint density at radius 3 is 2.15 bits per heavy atom. The van der Waals surface area contributed by atoms with Gasteiger partial charge >= 0.3 is 6.16 Å². The van der Waals surface area contributed by atoms with Gasteiger partial charge in [0.2, 0.25) is 0 Å². The molecule has 0 spiro atoms. The number of carbonyl (C=O) groups excluding carboxylic acids is 1. The molecule has 7 heteroatoms. The average molecular weight is 551 g/mol. The van der Waals surface area contributed by atoms with Gasteiger partial charge in [0.15, 0.2) is 0 Å². The van der Waals surface area contributed by atoms with Gasteiger partial charge in [-0.1, -0.05) is 92.2 Å². The van der Waals surface area contributed by atoms with E-state index in [1.165, 1.54) is 18.4 Å². The zero-order valence-corrected chi connectivity index (χ0v) is 23.5. The molecule has 6 nitrogen and oxygen atoms in total. The first-order chi connectivity index (χ1) is 18.7. The van der Waals surface area contributed by atoms with Crippen molar-refractivity contribution in [3.63, 3.8) is 0 Å². The summed E-state index contributed by atoms with van der Waals surface area (Å²) >= 11 is 6.25. The molecule has 3 N–H and O–H groups in total. The highest BCUT2D eigenvalue weighted by molar-refractivity contribution is 6.31.